The number of nitrogens with zero attached hydrogens (tertiary/aromatic N) is 1. The molecule has 0 aromatic rings. The number of amidine groups is 1. The van der Waals surface area contributed by atoms with Crippen LogP contribution in [0.15, 0.2) is 4.99 Å². The highest BCUT2D eigenvalue weighted by atomic mass is 35.5. The Labute approximate surface area is 94.5 Å². The van der Waals surface area contributed by atoms with Crippen LogP contribution in [0.25, 0.3) is 0 Å². The van der Waals surface area contributed by atoms with Crippen molar-refractivity contribution in [1.29, 1.82) is 0 Å². The van der Waals surface area contributed by atoms with Crippen molar-refractivity contribution in [1.82, 2.24) is 5.32 Å². The molecule has 0 saturated heterocycles. The van der Waals surface area contributed by atoms with Gasteiger partial charge in [0.15, 0.2) is 5.17 Å². The first-order valence-electron chi connectivity index (χ1n) is 4.47. The molecule has 1 atom stereocenters. The molecule has 0 fully saturated rings. The van der Waals surface area contributed by atoms with Crippen molar-refractivity contribution < 1.29 is 4.79 Å². The largest absolute Gasteiger partial charge is 0.320 e. The highest BCUT2D eigenvalue weighted by Crippen LogP contribution is 2.09. The molecular formula is C8H16ClN3OS. The molecule has 1 aliphatic heterocycles. The zero-order chi connectivity index (χ0) is 9.68. The van der Waals surface area contributed by atoms with Crippen LogP contribution in [-0.2, 0) is 4.79 Å². The molecule has 0 saturated carbocycles. The summed E-state index contributed by atoms with van der Waals surface area (Å²) in [6.07, 6.45) is 1.65. The first-order valence-corrected chi connectivity index (χ1v) is 5.46. The van der Waals surface area contributed by atoms with Gasteiger partial charge in [-0.2, -0.15) is 0 Å². The molecule has 0 aromatic heterocycles. The number of amides is 1. The Morgan fingerprint density at radius 2 is 2.50 bits per heavy atom. The third-order valence-electron chi connectivity index (χ3n) is 1.75. The summed E-state index contributed by atoms with van der Waals surface area (Å²) >= 11 is 1.57. The van der Waals surface area contributed by atoms with E-state index >= 15 is 0 Å². The zero-order valence-corrected chi connectivity index (χ0v) is 9.79. The number of rotatable bonds is 3. The fourth-order valence-corrected chi connectivity index (χ4v) is 1.78. The zero-order valence-electron chi connectivity index (χ0n) is 8.16. The van der Waals surface area contributed by atoms with E-state index in [4.69, 9.17) is 5.73 Å². The molecular weight excluding hydrogens is 222 g/mol. The van der Waals surface area contributed by atoms with Gasteiger partial charge in [0.1, 0.15) is 0 Å². The molecule has 1 heterocycles. The smallest absolute Gasteiger partial charge is 0.242 e. The summed E-state index contributed by atoms with van der Waals surface area (Å²) < 4.78 is 0. The number of aliphatic imine (C=N–C) groups is 1. The van der Waals surface area contributed by atoms with Gasteiger partial charge in [0.2, 0.25) is 5.91 Å². The lowest BCUT2D eigenvalue weighted by Gasteiger charge is -2.09. The minimum Gasteiger partial charge on any atom is -0.320 e. The molecule has 1 amide bonds. The number of thioether (sulfide) groups is 1. The summed E-state index contributed by atoms with van der Waals surface area (Å²) in [6.45, 7) is 2.80. The van der Waals surface area contributed by atoms with Gasteiger partial charge in [-0.25, -0.2) is 0 Å². The molecule has 3 N–H and O–H groups in total. The standard InChI is InChI=1S/C8H15N3OS.ClH/c1-2-3-6(9)7(12)11-8-10-4-5-13-8;/h6H,2-5,9H2,1H3,(H,10,11,12);1H. The van der Waals surface area contributed by atoms with Crippen LogP contribution in [-0.4, -0.2) is 29.4 Å². The minimum absolute atomic E-state index is 0. The molecule has 6 heteroatoms. The Morgan fingerprint density at radius 3 is 3.00 bits per heavy atom. The number of hydrogen-bond donors (Lipinski definition) is 2. The maximum absolute atomic E-state index is 11.4. The monoisotopic (exact) mass is 237 g/mol. The fourth-order valence-electron chi connectivity index (χ4n) is 1.05. The lowest BCUT2D eigenvalue weighted by molar-refractivity contribution is -0.121. The van der Waals surface area contributed by atoms with Crippen LogP contribution in [0, 0.1) is 0 Å². The predicted octanol–water partition coefficient (Wildman–Crippen LogP) is 0.755. The Balaban J connectivity index is 0.00000169. The molecule has 4 nitrogen and oxygen atoms in total. The van der Waals surface area contributed by atoms with Gasteiger partial charge >= 0.3 is 0 Å². The summed E-state index contributed by atoms with van der Waals surface area (Å²) in [5.74, 6) is 0.841. The lowest BCUT2D eigenvalue weighted by Crippen LogP contribution is -2.42. The molecule has 0 aromatic carbocycles. The molecule has 0 aliphatic carbocycles. The molecule has 14 heavy (non-hydrogen) atoms. The SMILES string of the molecule is CCCC(N)C(=O)NC1=NCCS1.Cl. The van der Waals surface area contributed by atoms with E-state index in [9.17, 15) is 4.79 Å². The van der Waals surface area contributed by atoms with E-state index in [-0.39, 0.29) is 18.3 Å². The lowest BCUT2D eigenvalue weighted by atomic mass is 10.2. The van der Waals surface area contributed by atoms with Crippen LogP contribution in [0.1, 0.15) is 19.8 Å². The summed E-state index contributed by atoms with van der Waals surface area (Å²) in [4.78, 5) is 15.5. The number of nitrogens with one attached hydrogen (secondary N) is 1. The predicted molar refractivity (Wildman–Crippen MR) is 63.0 cm³/mol. The van der Waals surface area contributed by atoms with Crippen LogP contribution in [0.4, 0.5) is 0 Å². The van der Waals surface area contributed by atoms with Gasteiger partial charge in [-0.1, -0.05) is 25.1 Å². The first kappa shape index (κ1) is 13.7. The Bertz CT molecular complexity index is 223. The Morgan fingerprint density at radius 1 is 1.79 bits per heavy atom. The van der Waals surface area contributed by atoms with Crippen LogP contribution < -0.4 is 11.1 Å². The molecule has 82 valence electrons. The molecule has 1 aliphatic rings. The van der Waals surface area contributed by atoms with Crippen molar-refractivity contribution in [2.24, 2.45) is 10.7 Å². The van der Waals surface area contributed by atoms with Crippen LogP contribution in [0.5, 0.6) is 0 Å². The second kappa shape index (κ2) is 7.09. The van der Waals surface area contributed by atoms with E-state index in [1.807, 2.05) is 6.92 Å². The number of halogens is 1. The average molecular weight is 238 g/mol. The number of carbonyl (C=O) groups is 1. The highest BCUT2D eigenvalue weighted by Gasteiger charge is 2.16. The number of carbonyl (C=O) groups excluding carboxylic acids is 1. The fraction of sp³-hybridized carbons (Fsp3) is 0.750. The van der Waals surface area contributed by atoms with Gasteiger partial charge in [-0.3, -0.25) is 9.79 Å². The third kappa shape index (κ3) is 4.30. The van der Waals surface area contributed by atoms with Crippen LogP contribution in [0.3, 0.4) is 0 Å². The topological polar surface area (TPSA) is 67.5 Å². The van der Waals surface area contributed by atoms with Crippen molar-refractivity contribution in [2.45, 2.75) is 25.8 Å². The van der Waals surface area contributed by atoms with Crippen molar-refractivity contribution in [3.63, 3.8) is 0 Å². The summed E-state index contributed by atoms with van der Waals surface area (Å²) in [6, 6.07) is -0.395. The molecule has 0 bridgehead atoms. The maximum Gasteiger partial charge on any atom is 0.242 e. The van der Waals surface area contributed by atoms with E-state index < -0.39 is 6.04 Å². The van der Waals surface area contributed by atoms with Crippen molar-refractivity contribution in [2.75, 3.05) is 12.3 Å². The van der Waals surface area contributed by atoms with Gasteiger partial charge in [0.25, 0.3) is 0 Å². The average Bonchev–Trinajstić information content (AvgIpc) is 2.57. The van der Waals surface area contributed by atoms with Gasteiger partial charge in [0.05, 0.1) is 12.6 Å². The minimum atomic E-state index is -0.395. The van der Waals surface area contributed by atoms with E-state index in [2.05, 4.69) is 10.3 Å². The van der Waals surface area contributed by atoms with Gasteiger partial charge in [-0.05, 0) is 6.42 Å². The molecule has 0 radical (unpaired) electrons. The van der Waals surface area contributed by atoms with E-state index in [0.29, 0.717) is 0 Å². The highest BCUT2D eigenvalue weighted by molar-refractivity contribution is 8.14. The first-order chi connectivity index (χ1) is 6.24. The number of hydrogen-bond acceptors (Lipinski definition) is 4. The van der Waals surface area contributed by atoms with Crippen molar-refractivity contribution in [3.8, 4) is 0 Å². The van der Waals surface area contributed by atoms with Crippen LogP contribution >= 0.6 is 24.2 Å². The Kier molecular flexibility index (Phi) is 6.96. The maximum atomic E-state index is 11.4. The van der Waals surface area contributed by atoms with Gasteiger partial charge in [-0.15, -0.1) is 12.4 Å². The molecule has 1 rings (SSSR count). The van der Waals surface area contributed by atoms with Gasteiger partial charge < -0.3 is 11.1 Å². The Hall–Kier alpha value is -0.260. The van der Waals surface area contributed by atoms with Crippen molar-refractivity contribution in [3.05, 3.63) is 0 Å². The van der Waals surface area contributed by atoms with E-state index in [0.717, 1.165) is 30.3 Å². The summed E-state index contributed by atoms with van der Waals surface area (Å²) in [5.41, 5.74) is 5.63. The summed E-state index contributed by atoms with van der Waals surface area (Å²) in [5, 5.41) is 3.43. The number of nitrogens with two attached hydrogens (primary N) is 1. The summed E-state index contributed by atoms with van der Waals surface area (Å²) in [7, 11) is 0. The van der Waals surface area contributed by atoms with E-state index in [1.54, 1.807) is 11.8 Å². The van der Waals surface area contributed by atoms with Gasteiger partial charge in [0, 0.05) is 5.75 Å². The molecule has 0 spiro atoms. The van der Waals surface area contributed by atoms with E-state index in [1.165, 1.54) is 0 Å². The quantitative estimate of drug-likeness (QED) is 0.762. The second-order valence-electron chi connectivity index (χ2n) is 2.92. The second-order valence-corrected chi connectivity index (χ2v) is 4.00. The normalized spacial score (nSPS) is 16.9. The van der Waals surface area contributed by atoms with Crippen LogP contribution in [0.2, 0.25) is 0 Å². The van der Waals surface area contributed by atoms with Crippen molar-refractivity contribution >= 4 is 35.2 Å². The third-order valence-corrected chi connectivity index (χ3v) is 2.64. The molecule has 1 unspecified atom stereocenters.